The molecule has 0 aromatic carbocycles. The number of fused-ring (bicyclic) bond motifs is 12. The zero-order chi connectivity index (χ0) is 71.8. The smallest absolute Gasteiger partial charge is 0.172 e. The average Bonchev–Trinajstić information content (AvgIpc) is 1.46. The Morgan fingerprint density at radius 3 is 1.24 bits per heavy atom. The Bertz CT molecular complexity index is 2950. The quantitative estimate of drug-likeness (QED) is 0.193. The van der Waals surface area contributed by atoms with Crippen LogP contribution in [-0.4, -0.2) is 255 Å². The lowest BCUT2D eigenvalue weighted by atomic mass is 9.81. The number of hydrogen-bond donors (Lipinski definition) is 3. The molecule has 0 amide bonds. The van der Waals surface area contributed by atoms with Gasteiger partial charge in [-0.15, -0.1) is 0 Å². The van der Waals surface area contributed by atoms with Crippen molar-refractivity contribution in [3.05, 3.63) is 48.6 Å². The first-order valence-corrected chi connectivity index (χ1v) is 40.6. The fourth-order valence-corrected chi connectivity index (χ4v) is 22.6. The van der Waals surface area contributed by atoms with Crippen molar-refractivity contribution in [2.75, 3.05) is 20.8 Å². The van der Waals surface area contributed by atoms with Gasteiger partial charge in [0.2, 0.25) is 0 Å². The van der Waals surface area contributed by atoms with E-state index in [9.17, 15) is 24.9 Å². The minimum atomic E-state index is -0.951. The van der Waals surface area contributed by atoms with Crippen LogP contribution in [0.15, 0.2) is 48.6 Å². The van der Waals surface area contributed by atoms with E-state index in [1.165, 1.54) is 0 Å². The van der Waals surface area contributed by atoms with E-state index >= 15 is 0 Å². The van der Waals surface area contributed by atoms with Gasteiger partial charge in [0.15, 0.2) is 11.6 Å². The van der Waals surface area contributed by atoms with Crippen molar-refractivity contribution in [1.82, 2.24) is 0 Å². The van der Waals surface area contributed by atoms with E-state index in [0.717, 1.165) is 106 Å². The molecule has 38 atom stereocenters. The molecule has 0 radical (unpaired) electrons. The van der Waals surface area contributed by atoms with E-state index in [-0.39, 0.29) is 226 Å². The number of aliphatic hydroxyl groups excluding tert-OH is 3. The summed E-state index contributed by atoms with van der Waals surface area (Å²) >= 11 is 0. The fourth-order valence-electron chi connectivity index (χ4n) is 22.6. The summed E-state index contributed by atoms with van der Waals surface area (Å²) in [4.78, 5) is 28.1. The number of methoxy groups -OCH3 is 2. The highest BCUT2D eigenvalue weighted by atomic mass is 16.8. The van der Waals surface area contributed by atoms with Crippen molar-refractivity contribution in [1.29, 1.82) is 0 Å². The van der Waals surface area contributed by atoms with Gasteiger partial charge in [0.05, 0.1) is 141 Å². The lowest BCUT2D eigenvalue weighted by Crippen LogP contribution is -2.61. The van der Waals surface area contributed by atoms with Gasteiger partial charge in [0, 0.05) is 103 Å². The molecule has 20 aliphatic heterocycles. The number of ketones is 2. The van der Waals surface area contributed by atoms with Crippen molar-refractivity contribution in [2.24, 2.45) is 23.7 Å². The highest BCUT2D eigenvalue weighted by Crippen LogP contribution is 2.57. The third-order valence-electron chi connectivity index (χ3n) is 28.1. The third-order valence-corrected chi connectivity index (χ3v) is 28.1. The van der Waals surface area contributed by atoms with Gasteiger partial charge in [-0.3, -0.25) is 9.59 Å². The number of carbonyl (C=O) groups excluding carboxylic acids is 2. The van der Waals surface area contributed by atoms with E-state index in [1.807, 2.05) is 6.92 Å². The zero-order valence-corrected chi connectivity index (χ0v) is 61.9. The first-order chi connectivity index (χ1) is 50.2. The Morgan fingerprint density at radius 1 is 0.413 bits per heavy atom. The maximum absolute atomic E-state index is 14.1. The predicted molar refractivity (Wildman–Crippen MR) is 372 cm³/mol. The molecule has 0 aromatic rings. The topological polar surface area (TPSA) is 261 Å². The lowest BCUT2D eigenvalue weighted by Gasteiger charge is -2.47. The highest BCUT2D eigenvalue weighted by Gasteiger charge is 2.71. The van der Waals surface area contributed by atoms with Gasteiger partial charge in [0.25, 0.3) is 0 Å². The van der Waals surface area contributed by atoms with Crippen molar-refractivity contribution < 1.29 is 110 Å². The second kappa shape index (κ2) is 30.2. The van der Waals surface area contributed by atoms with Gasteiger partial charge in [0.1, 0.15) is 72.6 Å². The molecular formula is C81H118O23. The number of rotatable bonds is 8. The van der Waals surface area contributed by atoms with Crippen LogP contribution < -0.4 is 0 Å². The molecule has 23 heteroatoms. The predicted octanol–water partition coefficient (Wildman–Crippen LogP) is 8.36. The monoisotopic (exact) mass is 1460 g/mol. The molecule has 20 saturated heterocycles. The molecule has 2 spiro atoms. The van der Waals surface area contributed by atoms with Gasteiger partial charge in [-0.25, -0.2) is 0 Å². The Hall–Kier alpha value is -2.54. The molecule has 104 heavy (non-hydrogen) atoms. The first kappa shape index (κ1) is 74.2. The van der Waals surface area contributed by atoms with Crippen LogP contribution >= 0.6 is 0 Å². The molecular weight excluding hydrogens is 1340 g/mol. The van der Waals surface area contributed by atoms with Crippen LogP contribution in [0.2, 0.25) is 0 Å². The Balaban J connectivity index is 0.000000154. The Kier molecular flexibility index (Phi) is 21.5. The van der Waals surface area contributed by atoms with Crippen molar-refractivity contribution in [3.63, 3.8) is 0 Å². The number of Topliss-reactive ketones (excluding diaryl/α,β-unsaturated/α-hetero) is 2. The Labute approximate surface area is 613 Å². The van der Waals surface area contributed by atoms with Gasteiger partial charge >= 0.3 is 0 Å². The molecule has 23 nitrogen and oxygen atoms in total. The maximum atomic E-state index is 14.1. The summed E-state index contributed by atoms with van der Waals surface area (Å²) in [5, 5.41) is 30.7. The van der Waals surface area contributed by atoms with Crippen LogP contribution in [-0.2, 0) is 94.9 Å². The number of carbonyl (C=O) groups is 2. The van der Waals surface area contributed by atoms with E-state index < -0.39 is 36.0 Å². The normalized spacial score (nSPS) is 52.4. The van der Waals surface area contributed by atoms with Crippen LogP contribution in [0.5, 0.6) is 0 Å². The highest BCUT2D eigenvalue weighted by molar-refractivity contribution is 5.80. The molecule has 20 fully saturated rings. The van der Waals surface area contributed by atoms with Crippen molar-refractivity contribution >= 4 is 11.6 Å². The molecule has 580 valence electrons. The number of aliphatic hydroxyl groups is 3. The fraction of sp³-hybridized carbons (Fsp3) is 0.877. The standard InChI is InChI=1S/C41H60O11.C40H58O12/c1-6-23(42)17-33-35(44-5)28-16-24(43)15-26-8-10-30-36(47-26)40-39-38(49-30)37-34(50-39)19-41(51-37,52-40)12-11-27-14-21(3)29(45-27)9-7-25-13-20(2)22(4)31(46-25)18-32(28)48-33;1-19-11-24-5-7-28-20(2)12-26(45-28)9-10-40-17-33-36(51-40)37-38(50-33)39(52-40)35-29(49-37)8-6-25(47-35)13-22(42)14-27-31(16-30(46-24)21(19)3)48-32(34(27)44-4)15-23(43)18-41/h20,23,25-40,42H,3-4,6-19H2,1-2,5H3;19,23-39,41,43H,2-3,5-18H2,1,4H3/t20?,23?,25?,26?,27-,28?,29?,30?,31?,32?,33?,34?,35?,36?,37?,38?,39?,40?,41?;/m0./s1. The molecule has 20 rings (SSSR count). The second-order valence-corrected chi connectivity index (χ2v) is 35.0. The van der Waals surface area contributed by atoms with Crippen LogP contribution in [0, 0.1) is 23.7 Å². The van der Waals surface area contributed by atoms with Gasteiger partial charge in [-0.1, -0.05) is 47.1 Å². The molecule has 37 unspecified atom stereocenters. The summed E-state index contributed by atoms with van der Waals surface area (Å²) < 4.78 is 120. The molecule has 3 N–H and O–H groups in total. The first-order valence-electron chi connectivity index (χ1n) is 40.6. The zero-order valence-electron chi connectivity index (χ0n) is 61.9. The molecule has 20 aliphatic rings. The minimum Gasteiger partial charge on any atom is -0.394 e. The number of hydrogen-bond acceptors (Lipinski definition) is 23. The van der Waals surface area contributed by atoms with Gasteiger partial charge in [-0.05, 0) is 130 Å². The summed E-state index contributed by atoms with van der Waals surface area (Å²) in [6, 6.07) is 0. The van der Waals surface area contributed by atoms with Crippen molar-refractivity contribution in [2.45, 2.75) is 401 Å². The SMILES string of the molecule is C=C1CC2CCC34CC5OC6C(OC7CCC(CC(=O)CC8C(CC9OC(CCC1O2)CC(C)C9=C)OC(CC(O)CO)C8OC)OC7C6O3)C5O4.C=C1C[C@@H]2CCC34CC5OC6C(OC7CCC(CC(=O)CC8C(CC9OC(CCC1O2)CC(C)C9=C)OC(CC(O)CC)C8OC)OC7C6O3)C5O4. The van der Waals surface area contributed by atoms with E-state index in [0.29, 0.717) is 76.5 Å². The van der Waals surface area contributed by atoms with Crippen molar-refractivity contribution in [3.8, 4) is 0 Å². The van der Waals surface area contributed by atoms with E-state index in [1.54, 1.807) is 14.2 Å². The number of ether oxygens (including phenoxy) is 18. The molecule has 0 aromatic heterocycles. The summed E-state index contributed by atoms with van der Waals surface area (Å²) in [6.45, 7) is 23.8. The molecule has 0 aliphatic carbocycles. The van der Waals surface area contributed by atoms with E-state index in [4.69, 9.17) is 85.3 Å². The minimum absolute atomic E-state index is 0.00556. The summed E-state index contributed by atoms with van der Waals surface area (Å²) in [5.74, 6) is -1.24. The van der Waals surface area contributed by atoms with Crippen LogP contribution in [0.1, 0.15) is 194 Å². The molecule has 20 heterocycles. The maximum Gasteiger partial charge on any atom is 0.172 e. The summed E-state index contributed by atoms with van der Waals surface area (Å²) in [5.41, 5.74) is 4.40. The van der Waals surface area contributed by atoms with Gasteiger partial charge in [-0.2, -0.15) is 0 Å². The largest absolute Gasteiger partial charge is 0.394 e. The van der Waals surface area contributed by atoms with Crippen LogP contribution in [0.3, 0.4) is 0 Å². The van der Waals surface area contributed by atoms with Crippen LogP contribution in [0.4, 0.5) is 0 Å². The third kappa shape index (κ3) is 14.3. The molecule has 0 saturated carbocycles. The Morgan fingerprint density at radius 2 is 0.808 bits per heavy atom. The summed E-state index contributed by atoms with van der Waals surface area (Å²) in [6.07, 6.45) is 10.3. The lowest BCUT2D eigenvalue weighted by molar-refractivity contribution is -0.292. The molecule has 24 bridgehead atoms. The van der Waals surface area contributed by atoms with E-state index in [2.05, 4.69) is 40.2 Å². The average molecular weight is 1460 g/mol. The van der Waals surface area contributed by atoms with Gasteiger partial charge < -0.3 is 101 Å². The summed E-state index contributed by atoms with van der Waals surface area (Å²) in [7, 11) is 3.32. The second-order valence-electron chi connectivity index (χ2n) is 35.0. The van der Waals surface area contributed by atoms with Crippen LogP contribution in [0.25, 0.3) is 0 Å².